The molecule has 0 radical (unpaired) electrons. The van der Waals surface area contributed by atoms with Gasteiger partial charge in [-0.1, -0.05) is 11.6 Å². The first-order chi connectivity index (χ1) is 7.15. The first-order valence-corrected chi connectivity index (χ1v) is 5.12. The summed E-state index contributed by atoms with van der Waals surface area (Å²) in [6.45, 7) is 3.84. The van der Waals surface area contributed by atoms with Crippen LogP contribution in [0.3, 0.4) is 0 Å². The van der Waals surface area contributed by atoms with Gasteiger partial charge in [-0.25, -0.2) is 0 Å². The van der Waals surface area contributed by atoms with Crippen LogP contribution in [-0.2, 0) is 0 Å². The summed E-state index contributed by atoms with van der Waals surface area (Å²) in [5.41, 5.74) is 1.55. The molecule has 0 aliphatic heterocycles. The van der Waals surface area contributed by atoms with Crippen LogP contribution in [0.25, 0.3) is 21.9 Å². The second-order valence-electron chi connectivity index (χ2n) is 3.73. The monoisotopic (exact) mass is 220 g/mol. The van der Waals surface area contributed by atoms with E-state index >= 15 is 0 Å². The molecule has 0 amide bonds. The van der Waals surface area contributed by atoms with Gasteiger partial charge in [0.2, 0.25) is 0 Å². The third-order valence-corrected chi connectivity index (χ3v) is 2.78. The van der Waals surface area contributed by atoms with Crippen LogP contribution in [0.1, 0.15) is 11.5 Å². The number of aryl methyl sites for hydroxylation is 2. The number of fused-ring (bicyclic) bond motifs is 3. The van der Waals surface area contributed by atoms with Gasteiger partial charge in [0.05, 0.1) is 5.02 Å². The third kappa shape index (κ3) is 1.18. The molecule has 2 heterocycles. The number of halogens is 1. The van der Waals surface area contributed by atoms with Gasteiger partial charge in [-0.3, -0.25) is 0 Å². The lowest BCUT2D eigenvalue weighted by Gasteiger charge is -1.93. The van der Waals surface area contributed by atoms with Gasteiger partial charge in [0.1, 0.15) is 17.1 Å². The summed E-state index contributed by atoms with van der Waals surface area (Å²) < 4.78 is 11.1. The van der Waals surface area contributed by atoms with Crippen LogP contribution in [-0.4, -0.2) is 0 Å². The molecule has 0 unspecified atom stereocenters. The predicted molar refractivity (Wildman–Crippen MR) is 60.5 cm³/mol. The lowest BCUT2D eigenvalue weighted by molar-refractivity contribution is 0.574. The van der Waals surface area contributed by atoms with E-state index in [2.05, 4.69) is 0 Å². The number of hydrogen-bond donors (Lipinski definition) is 0. The highest BCUT2D eigenvalue weighted by Gasteiger charge is 2.12. The fourth-order valence-electron chi connectivity index (χ4n) is 1.92. The Morgan fingerprint density at radius 1 is 0.933 bits per heavy atom. The molecule has 3 rings (SSSR count). The second-order valence-corrected chi connectivity index (χ2v) is 4.13. The van der Waals surface area contributed by atoms with Crippen LogP contribution in [0.4, 0.5) is 0 Å². The molecule has 0 fully saturated rings. The summed E-state index contributed by atoms with van der Waals surface area (Å²) in [6.07, 6.45) is 0. The van der Waals surface area contributed by atoms with Crippen molar-refractivity contribution in [1.82, 2.24) is 0 Å². The van der Waals surface area contributed by atoms with E-state index in [1.807, 2.05) is 26.0 Å². The Bertz CT molecular complexity index is 661. The van der Waals surface area contributed by atoms with E-state index in [9.17, 15) is 0 Å². The third-order valence-electron chi connectivity index (χ3n) is 2.50. The zero-order chi connectivity index (χ0) is 10.6. The molecule has 0 atom stereocenters. The normalized spacial score (nSPS) is 11.7. The van der Waals surface area contributed by atoms with E-state index in [0.717, 1.165) is 33.5 Å². The van der Waals surface area contributed by atoms with Crippen molar-refractivity contribution < 1.29 is 8.83 Å². The molecule has 0 bridgehead atoms. The number of benzene rings is 1. The molecule has 0 aliphatic rings. The molecule has 0 aliphatic carbocycles. The first-order valence-electron chi connectivity index (χ1n) is 4.74. The van der Waals surface area contributed by atoms with Crippen LogP contribution in [0.15, 0.2) is 27.0 Å². The number of rotatable bonds is 0. The van der Waals surface area contributed by atoms with Crippen molar-refractivity contribution in [2.24, 2.45) is 0 Å². The zero-order valence-corrected chi connectivity index (χ0v) is 9.18. The van der Waals surface area contributed by atoms with Crippen molar-refractivity contribution in [3.05, 3.63) is 34.7 Å². The summed E-state index contributed by atoms with van der Waals surface area (Å²) in [6, 6.07) is 5.79. The van der Waals surface area contributed by atoms with E-state index in [4.69, 9.17) is 20.4 Å². The van der Waals surface area contributed by atoms with E-state index < -0.39 is 0 Å². The van der Waals surface area contributed by atoms with Gasteiger partial charge in [0.25, 0.3) is 0 Å². The standard InChI is InChI=1S/C12H9ClO2/c1-6-3-8-9-4-7(2)15-12(9)10(13)5-11(8)14-6/h3-5H,1-2H3. The molecule has 2 nitrogen and oxygen atoms in total. The quantitative estimate of drug-likeness (QED) is 0.560. The highest BCUT2D eigenvalue weighted by molar-refractivity contribution is 6.36. The molecular weight excluding hydrogens is 212 g/mol. The molecular formula is C12H9ClO2. The van der Waals surface area contributed by atoms with Crippen molar-refractivity contribution >= 4 is 33.5 Å². The van der Waals surface area contributed by atoms with Crippen LogP contribution in [0.2, 0.25) is 5.02 Å². The van der Waals surface area contributed by atoms with E-state index in [0.29, 0.717) is 5.02 Å². The maximum atomic E-state index is 6.10. The molecule has 0 N–H and O–H groups in total. The Morgan fingerprint density at radius 2 is 1.60 bits per heavy atom. The van der Waals surface area contributed by atoms with E-state index in [1.54, 1.807) is 6.07 Å². The largest absolute Gasteiger partial charge is 0.461 e. The molecule has 0 spiro atoms. The average molecular weight is 221 g/mol. The molecule has 3 aromatic rings. The van der Waals surface area contributed by atoms with Crippen LogP contribution < -0.4 is 0 Å². The van der Waals surface area contributed by atoms with Crippen molar-refractivity contribution in [3.8, 4) is 0 Å². The molecule has 0 saturated heterocycles. The highest BCUT2D eigenvalue weighted by atomic mass is 35.5. The maximum Gasteiger partial charge on any atom is 0.153 e. The Hall–Kier alpha value is -1.41. The van der Waals surface area contributed by atoms with Crippen molar-refractivity contribution in [2.75, 3.05) is 0 Å². The molecule has 1 aromatic carbocycles. The minimum atomic E-state index is 0.597. The van der Waals surface area contributed by atoms with Crippen LogP contribution in [0, 0.1) is 13.8 Å². The van der Waals surface area contributed by atoms with Crippen LogP contribution >= 0.6 is 11.6 Å². The predicted octanol–water partition coefficient (Wildman–Crippen LogP) is 4.45. The minimum Gasteiger partial charge on any atom is -0.461 e. The molecule has 15 heavy (non-hydrogen) atoms. The topological polar surface area (TPSA) is 26.3 Å². The van der Waals surface area contributed by atoms with Gasteiger partial charge in [-0.2, -0.15) is 0 Å². The first kappa shape index (κ1) is 8.86. The van der Waals surface area contributed by atoms with Crippen molar-refractivity contribution in [1.29, 1.82) is 0 Å². The Labute approximate surface area is 91.4 Å². The molecule has 76 valence electrons. The van der Waals surface area contributed by atoms with Gasteiger partial charge in [0.15, 0.2) is 5.58 Å². The molecule has 2 aromatic heterocycles. The number of hydrogen-bond acceptors (Lipinski definition) is 2. The average Bonchev–Trinajstić information content (AvgIpc) is 2.68. The highest BCUT2D eigenvalue weighted by Crippen LogP contribution is 2.35. The smallest absolute Gasteiger partial charge is 0.153 e. The van der Waals surface area contributed by atoms with Gasteiger partial charge in [-0.15, -0.1) is 0 Å². The van der Waals surface area contributed by atoms with E-state index in [1.165, 1.54) is 0 Å². The van der Waals surface area contributed by atoms with Crippen molar-refractivity contribution in [2.45, 2.75) is 13.8 Å². The van der Waals surface area contributed by atoms with Gasteiger partial charge in [0, 0.05) is 16.8 Å². The van der Waals surface area contributed by atoms with Crippen molar-refractivity contribution in [3.63, 3.8) is 0 Å². The summed E-state index contributed by atoms with van der Waals surface area (Å²) in [4.78, 5) is 0. The van der Waals surface area contributed by atoms with Gasteiger partial charge >= 0.3 is 0 Å². The zero-order valence-electron chi connectivity index (χ0n) is 8.43. The number of furan rings is 2. The Balaban J connectivity index is 2.61. The minimum absolute atomic E-state index is 0.597. The summed E-state index contributed by atoms with van der Waals surface area (Å²) in [5.74, 6) is 1.74. The summed E-state index contributed by atoms with van der Waals surface area (Å²) >= 11 is 6.10. The molecule has 3 heteroatoms. The van der Waals surface area contributed by atoms with Gasteiger partial charge in [-0.05, 0) is 26.0 Å². The Morgan fingerprint density at radius 3 is 2.40 bits per heavy atom. The SMILES string of the molecule is Cc1cc2c(cc(Cl)c3oc(C)cc32)o1. The fourth-order valence-corrected chi connectivity index (χ4v) is 2.16. The second kappa shape index (κ2) is 2.80. The van der Waals surface area contributed by atoms with E-state index in [-0.39, 0.29) is 0 Å². The maximum absolute atomic E-state index is 6.10. The lowest BCUT2D eigenvalue weighted by atomic mass is 10.1. The fraction of sp³-hybridized carbons (Fsp3) is 0.167. The van der Waals surface area contributed by atoms with Gasteiger partial charge < -0.3 is 8.83 Å². The Kier molecular flexibility index (Phi) is 1.65. The summed E-state index contributed by atoms with van der Waals surface area (Å²) in [7, 11) is 0. The lowest BCUT2D eigenvalue weighted by Crippen LogP contribution is -1.68. The molecule has 0 saturated carbocycles. The van der Waals surface area contributed by atoms with Crippen LogP contribution in [0.5, 0.6) is 0 Å². The summed E-state index contributed by atoms with van der Waals surface area (Å²) in [5, 5.41) is 2.68.